The third-order valence-electron chi connectivity index (χ3n) is 2.84. The Morgan fingerprint density at radius 3 is 2.53 bits per heavy atom. The monoisotopic (exact) mass is 246 g/mol. The molecule has 17 heavy (non-hydrogen) atoms. The van der Waals surface area contributed by atoms with E-state index in [1.807, 2.05) is 0 Å². The molecule has 0 aliphatic heterocycles. The van der Waals surface area contributed by atoms with Crippen molar-refractivity contribution in [1.82, 2.24) is 4.98 Å². The van der Waals surface area contributed by atoms with Crippen LogP contribution in [-0.4, -0.2) is 17.1 Å². The van der Waals surface area contributed by atoms with Gasteiger partial charge < -0.3 is 10.5 Å². The fourth-order valence-electron chi connectivity index (χ4n) is 1.87. The van der Waals surface area contributed by atoms with Crippen molar-refractivity contribution in [2.45, 2.75) is 37.6 Å². The van der Waals surface area contributed by atoms with Crippen LogP contribution in [0.25, 0.3) is 0 Å². The summed E-state index contributed by atoms with van der Waals surface area (Å²) in [6.07, 6.45) is -1.05. The van der Waals surface area contributed by atoms with Crippen molar-refractivity contribution in [1.29, 1.82) is 0 Å². The van der Waals surface area contributed by atoms with Gasteiger partial charge in [0.1, 0.15) is 6.10 Å². The molecule has 1 aliphatic carbocycles. The van der Waals surface area contributed by atoms with Crippen LogP contribution in [0.2, 0.25) is 0 Å². The minimum absolute atomic E-state index is 0.0564. The molecule has 1 aromatic heterocycles. The molecule has 6 heteroatoms. The van der Waals surface area contributed by atoms with Crippen molar-refractivity contribution in [3.63, 3.8) is 0 Å². The lowest BCUT2D eigenvalue weighted by Crippen LogP contribution is -2.33. The van der Waals surface area contributed by atoms with E-state index in [9.17, 15) is 13.2 Å². The maximum Gasteiger partial charge on any atom is 0.417 e. The molecular weight excluding hydrogens is 233 g/mol. The maximum absolute atomic E-state index is 12.3. The second kappa shape index (κ2) is 4.52. The van der Waals surface area contributed by atoms with Gasteiger partial charge in [-0.25, -0.2) is 4.98 Å². The minimum Gasteiger partial charge on any atom is -0.473 e. The SMILES string of the molecule is N[C@@H]1CCC[C@H]1Oc1ccc(C(F)(F)F)cn1. The van der Waals surface area contributed by atoms with E-state index in [1.165, 1.54) is 6.07 Å². The Kier molecular flexibility index (Phi) is 3.24. The van der Waals surface area contributed by atoms with Gasteiger partial charge in [0.05, 0.1) is 5.56 Å². The van der Waals surface area contributed by atoms with E-state index in [4.69, 9.17) is 10.5 Å². The molecule has 0 radical (unpaired) electrons. The Balaban J connectivity index is 2.03. The smallest absolute Gasteiger partial charge is 0.417 e. The summed E-state index contributed by atoms with van der Waals surface area (Å²) in [6.45, 7) is 0. The van der Waals surface area contributed by atoms with Crippen LogP contribution in [0.1, 0.15) is 24.8 Å². The Hall–Kier alpha value is -1.30. The van der Waals surface area contributed by atoms with Crippen LogP contribution in [0, 0.1) is 0 Å². The van der Waals surface area contributed by atoms with Crippen LogP contribution >= 0.6 is 0 Å². The predicted molar refractivity (Wildman–Crippen MR) is 55.5 cm³/mol. The number of halogens is 3. The first kappa shape index (κ1) is 12.2. The summed E-state index contributed by atoms with van der Waals surface area (Å²) in [7, 11) is 0. The summed E-state index contributed by atoms with van der Waals surface area (Å²) in [5.41, 5.74) is 5.02. The number of alkyl halides is 3. The van der Waals surface area contributed by atoms with E-state index in [1.54, 1.807) is 0 Å². The van der Waals surface area contributed by atoms with Gasteiger partial charge in [0.15, 0.2) is 0 Å². The first-order valence-corrected chi connectivity index (χ1v) is 5.42. The zero-order chi connectivity index (χ0) is 12.5. The van der Waals surface area contributed by atoms with Gasteiger partial charge in [-0.1, -0.05) is 0 Å². The lowest BCUT2D eigenvalue weighted by atomic mass is 10.2. The number of pyridine rings is 1. The highest BCUT2D eigenvalue weighted by molar-refractivity contribution is 5.20. The van der Waals surface area contributed by atoms with Crippen molar-refractivity contribution in [2.24, 2.45) is 5.73 Å². The van der Waals surface area contributed by atoms with Gasteiger partial charge in [-0.3, -0.25) is 0 Å². The summed E-state index contributed by atoms with van der Waals surface area (Å²) in [4.78, 5) is 3.65. The van der Waals surface area contributed by atoms with Crippen LogP contribution in [-0.2, 0) is 6.18 Å². The minimum atomic E-state index is -4.37. The van der Waals surface area contributed by atoms with Crippen LogP contribution in [0.15, 0.2) is 18.3 Å². The van der Waals surface area contributed by atoms with Crippen molar-refractivity contribution in [3.05, 3.63) is 23.9 Å². The van der Waals surface area contributed by atoms with Crippen LogP contribution in [0.4, 0.5) is 13.2 Å². The Bertz CT molecular complexity index is 377. The fraction of sp³-hybridized carbons (Fsp3) is 0.545. The number of aromatic nitrogens is 1. The first-order valence-electron chi connectivity index (χ1n) is 5.42. The highest BCUT2D eigenvalue weighted by Crippen LogP contribution is 2.30. The van der Waals surface area contributed by atoms with Gasteiger partial charge in [0.25, 0.3) is 0 Å². The van der Waals surface area contributed by atoms with E-state index >= 15 is 0 Å². The van der Waals surface area contributed by atoms with Gasteiger partial charge in [-0.2, -0.15) is 13.2 Å². The molecule has 3 nitrogen and oxygen atoms in total. The van der Waals surface area contributed by atoms with Crippen LogP contribution < -0.4 is 10.5 Å². The average molecular weight is 246 g/mol. The molecule has 1 heterocycles. The topological polar surface area (TPSA) is 48.1 Å². The normalized spacial score (nSPS) is 24.9. The number of nitrogens with two attached hydrogens (primary N) is 1. The summed E-state index contributed by atoms with van der Waals surface area (Å²) >= 11 is 0. The quantitative estimate of drug-likeness (QED) is 0.871. The van der Waals surface area contributed by atoms with Crippen LogP contribution in [0.3, 0.4) is 0 Å². The third-order valence-corrected chi connectivity index (χ3v) is 2.84. The molecule has 1 saturated carbocycles. The molecule has 0 spiro atoms. The Morgan fingerprint density at radius 2 is 2.06 bits per heavy atom. The number of rotatable bonds is 2. The molecule has 2 rings (SSSR count). The van der Waals surface area contributed by atoms with Crippen LogP contribution in [0.5, 0.6) is 5.88 Å². The third kappa shape index (κ3) is 2.88. The lowest BCUT2D eigenvalue weighted by Gasteiger charge is -2.17. The molecule has 0 saturated heterocycles. The molecule has 0 amide bonds. The highest BCUT2D eigenvalue weighted by Gasteiger charge is 2.31. The van der Waals surface area contributed by atoms with Gasteiger partial charge in [0.2, 0.25) is 5.88 Å². The zero-order valence-corrected chi connectivity index (χ0v) is 9.07. The number of hydrogen-bond acceptors (Lipinski definition) is 3. The molecule has 0 bridgehead atoms. The fourth-order valence-corrected chi connectivity index (χ4v) is 1.87. The number of ether oxygens (including phenoxy) is 1. The van der Waals surface area contributed by atoms with Crippen molar-refractivity contribution in [2.75, 3.05) is 0 Å². The molecular formula is C11H13F3N2O. The van der Waals surface area contributed by atoms with Gasteiger partial charge in [-0.15, -0.1) is 0 Å². The van der Waals surface area contributed by atoms with E-state index in [0.29, 0.717) is 0 Å². The number of hydrogen-bond donors (Lipinski definition) is 1. The van der Waals surface area contributed by atoms with Crippen molar-refractivity contribution >= 4 is 0 Å². The van der Waals surface area contributed by atoms with Gasteiger partial charge in [-0.05, 0) is 25.3 Å². The summed E-state index contributed by atoms with van der Waals surface area (Å²) < 4.78 is 42.3. The molecule has 1 aliphatic rings. The summed E-state index contributed by atoms with van der Waals surface area (Å²) in [6, 6.07) is 2.13. The standard InChI is InChI=1S/C11H13F3N2O/c12-11(13,14)7-4-5-10(16-6-7)17-9-3-1-2-8(9)15/h4-6,8-9H,1-3,15H2/t8-,9-/m1/s1. The Morgan fingerprint density at radius 1 is 1.29 bits per heavy atom. The van der Waals surface area contributed by atoms with Crippen molar-refractivity contribution in [3.8, 4) is 5.88 Å². The maximum atomic E-state index is 12.3. The molecule has 2 atom stereocenters. The summed E-state index contributed by atoms with van der Waals surface area (Å²) in [5, 5.41) is 0. The summed E-state index contributed by atoms with van der Waals surface area (Å²) in [5.74, 6) is 0.195. The molecule has 0 aromatic carbocycles. The lowest BCUT2D eigenvalue weighted by molar-refractivity contribution is -0.137. The second-order valence-corrected chi connectivity index (χ2v) is 4.13. The van der Waals surface area contributed by atoms with Gasteiger partial charge in [0, 0.05) is 18.3 Å². The molecule has 0 unspecified atom stereocenters. The predicted octanol–water partition coefficient (Wildman–Crippen LogP) is 2.36. The number of nitrogens with zero attached hydrogens (tertiary/aromatic N) is 1. The highest BCUT2D eigenvalue weighted by atomic mass is 19.4. The van der Waals surface area contributed by atoms with Gasteiger partial charge >= 0.3 is 6.18 Å². The van der Waals surface area contributed by atoms with E-state index in [0.717, 1.165) is 31.5 Å². The Labute approximate surface area is 96.8 Å². The molecule has 1 aromatic rings. The molecule has 2 N–H and O–H groups in total. The van der Waals surface area contributed by atoms with E-state index in [-0.39, 0.29) is 18.0 Å². The van der Waals surface area contributed by atoms with Crippen molar-refractivity contribution < 1.29 is 17.9 Å². The van der Waals surface area contributed by atoms with E-state index in [2.05, 4.69) is 4.98 Å². The zero-order valence-electron chi connectivity index (χ0n) is 9.07. The molecule has 94 valence electrons. The molecule has 1 fully saturated rings. The first-order chi connectivity index (χ1) is 7.97. The second-order valence-electron chi connectivity index (χ2n) is 4.13. The van der Waals surface area contributed by atoms with E-state index < -0.39 is 11.7 Å². The average Bonchev–Trinajstić information content (AvgIpc) is 2.64. The largest absolute Gasteiger partial charge is 0.473 e.